The predicted molar refractivity (Wildman–Crippen MR) is 145 cm³/mol. The van der Waals surface area contributed by atoms with Gasteiger partial charge in [-0.15, -0.1) is 0 Å². The number of likely N-dealkylation sites (tertiary alicyclic amines) is 1. The number of morpholine rings is 1. The fraction of sp³-hybridized carbons (Fsp3) is 0.552. The first kappa shape index (κ1) is 24.1. The van der Waals surface area contributed by atoms with Crippen LogP contribution in [0.3, 0.4) is 0 Å². The third-order valence-electron chi connectivity index (χ3n) is 9.14. The Morgan fingerprint density at radius 2 is 1.63 bits per heavy atom. The number of pyridine rings is 1. The van der Waals surface area contributed by atoms with Gasteiger partial charge in [0.2, 0.25) is 0 Å². The van der Waals surface area contributed by atoms with E-state index in [1.54, 1.807) is 6.07 Å². The van der Waals surface area contributed by atoms with Gasteiger partial charge in [-0.2, -0.15) is 5.10 Å². The summed E-state index contributed by atoms with van der Waals surface area (Å²) >= 11 is 0. The molecule has 1 N–H and O–H groups in total. The average molecular weight is 517 g/mol. The van der Waals surface area contributed by atoms with E-state index in [0.717, 1.165) is 87.8 Å². The van der Waals surface area contributed by atoms with Gasteiger partial charge in [0.1, 0.15) is 0 Å². The average Bonchev–Trinajstić information content (AvgIpc) is 3.27. The second kappa shape index (κ2) is 9.94. The van der Waals surface area contributed by atoms with Gasteiger partial charge in [-0.3, -0.25) is 9.80 Å². The molecule has 9 nitrogen and oxygen atoms in total. The summed E-state index contributed by atoms with van der Waals surface area (Å²) in [4.78, 5) is 24.4. The van der Waals surface area contributed by atoms with Crippen molar-refractivity contribution >= 4 is 22.7 Å². The van der Waals surface area contributed by atoms with Crippen molar-refractivity contribution in [2.45, 2.75) is 50.1 Å². The van der Waals surface area contributed by atoms with Gasteiger partial charge in [0.25, 0.3) is 0 Å². The summed E-state index contributed by atoms with van der Waals surface area (Å²) in [5.74, 6) is -0.587. The van der Waals surface area contributed by atoms with Gasteiger partial charge in [-0.25, -0.2) is 14.5 Å². The molecule has 7 rings (SSSR count). The van der Waals surface area contributed by atoms with Crippen molar-refractivity contribution in [3.8, 4) is 5.69 Å². The van der Waals surface area contributed by atoms with Crippen LogP contribution in [0.2, 0.25) is 0 Å². The molecule has 5 heterocycles. The Morgan fingerprint density at radius 3 is 2.29 bits per heavy atom. The van der Waals surface area contributed by atoms with Crippen LogP contribution in [0, 0.1) is 0 Å². The normalized spacial score (nSPS) is 22.5. The number of carboxylic acids is 1. The van der Waals surface area contributed by atoms with Crippen LogP contribution < -0.4 is 4.90 Å². The van der Waals surface area contributed by atoms with Crippen LogP contribution in [-0.2, 0) is 4.74 Å². The first-order chi connectivity index (χ1) is 18.7. The molecule has 0 spiro atoms. The van der Waals surface area contributed by atoms with Crippen LogP contribution in [0.25, 0.3) is 16.7 Å². The number of aromatic nitrogens is 3. The lowest BCUT2D eigenvalue weighted by Crippen LogP contribution is -2.62. The zero-order valence-electron chi connectivity index (χ0n) is 21.8. The largest absolute Gasteiger partial charge is 0.477 e. The molecular formula is C29H36N6O3. The number of hydrogen-bond acceptors (Lipinski definition) is 7. The van der Waals surface area contributed by atoms with E-state index in [2.05, 4.69) is 19.7 Å². The summed E-state index contributed by atoms with van der Waals surface area (Å²) < 4.78 is 7.39. The number of anilines is 1. The number of para-hydroxylation sites is 1. The Hall–Kier alpha value is -3.01. The zero-order valence-corrected chi connectivity index (χ0v) is 21.8. The molecule has 3 saturated heterocycles. The molecule has 0 amide bonds. The summed E-state index contributed by atoms with van der Waals surface area (Å²) in [7, 11) is 0. The maximum Gasteiger partial charge on any atom is 0.354 e. The van der Waals surface area contributed by atoms with Crippen molar-refractivity contribution in [3.05, 3.63) is 47.8 Å². The fourth-order valence-corrected chi connectivity index (χ4v) is 6.64. The molecule has 1 aromatic carbocycles. The lowest BCUT2D eigenvalue weighted by atomic mass is 9.81. The van der Waals surface area contributed by atoms with Crippen molar-refractivity contribution in [1.29, 1.82) is 0 Å². The topological polar surface area (TPSA) is 87.0 Å². The summed E-state index contributed by atoms with van der Waals surface area (Å²) in [5.41, 5.74) is 3.70. The van der Waals surface area contributed by atoms with Crippen LogP contribution in [0.1, 0.15) is 54.2 Å². The standard InChI is InChI=1S/C29H36N6O3/c36-29(37)24-17-25(34-18-23(19-34)32-11-9-21(10-12-32)33-13-15-38-16-14-33)26-27(20-5-4-6-20)31-35(28(26)30-24)22-7-2-1-3-8-22/h1-3,7-8,17,20-21,23H,4-6,9-16,18-19H2,(H,36,37). The van der Waals surface area contributed by atoms with E-state index >= 15 is 0 Å². The number of nitrogens with zero attached hydrogens (tertiary/aromatic N) is 6. The molecule has 3 aromatic rings. The van der Waals surface area contributed by atoms with Gasteiger partial charge >= 0.3 is 5.97 Å². The molecule has 4 aliphatic rings. The van der Waals surface area contributed by atoms with Crippen LogP contribution in [0.5, 0.6) is 0 Å². The number of ether oxygens (including phenoxy) is 1. The highest BCUT2D eigenvalue weighted by atomic mass is 16.5. The molecule has 2 aromatic heterocycles. The second-order valence-corrected chi connectivity index (χ2v) is 11.3. The van der Waals surface area contributed by atoms with E-state index in [1.807, 2.05) is 35.0 Å². The maximum atomic E-state index is 12.1. The van der Waals surface area contributed by atoms with E-state index in [0.29, 0.717) is 23.6 Å². The lowest BCUT2D eigenvalue weighted by molar-refractivity contribution is -0.00469. The molecule has 1 saturated carbocycles. The third kappa shape index (κ3) is 4.26. The van der Waals surface area contributed by atoms with Crippen LogP contribution in [0.15, 0.2) is 36.4 Å². The minimum atomic E-state index is -0.999. The van der Waals surface area contributed by atoms with Crippen molar-refractivity contribution in [3.63, 3.8) is 0 Å². The van der Waals surface area contributed by atoms with Crippen molar-refractivity contribution in [2.24, 2.45) is 0 Å². The zero-order chi connectivity index (χ0) is 25.6. The number of rotatable bonds is 6. The summed E-state index contributed by atoms with van der Waals surface area (Å²) in [6, 6.07) is 12.9. The number of hydrogen-bond donors (Lipinski definition) is 1. The maximum absolute atomic E-state index is 12.1. The van der Waals surface area contributed by atoms with Gasteiger partial charge in [0.05, 0.1) is 35.7 Å². The summed E-state index contributed by atoms with van der Waals surface area (Å²) in [6.45, 7) is 7.94. The Kier molecular flexibility index (Phi) is 6.30. The predicted octanol–water partition coefficient (Wildman–Crippen LogP) is 3.37. The highest BCUT2D eigenvalue weighted by Gasteiger charge is 2.38. The summed E-state index contributed by atoms with van der Waals surface area (Å²) in [5, 5.41) is 16.0. The molecule has 0 unspecified atom stereocenters. The van der Waals surface area contributed by atoms with Crippen LogP contribution >= 0.6 is 0 Å². The van der Waals surface area contributed by atoms with E-state index in [9.17, 15) is 9.90 Å². The second-order valence-electron chi connectivity index (χ2n) is 11.3. The Bertz CT molecular complexity index is 1300. The lowest BCUT2D eigenvalue weighted by Gasteiger charge is -2.50. The Balaban J connectivity index is 1.15. The minimum Gasteiger partial charge on any atom is -0.477 e. The molecule has 0 bridgehead atoms. The monoisotopic (exact) mass is 516 g/mol. The highest BCUT2D eigenvalue weighted by Crippen LogP contribution is 2.43. The van der Waals surface area contributed by atoms with Gasteiger partial charge in [-0.05, 0) is 43.9 Å². The molecule has 0 radical (unpaired) electrons. The number of benzene rings is 1. The number of piperidine rings is 1. The highest BCUT2D eigenvalue weighted by molar-refractivity contribution is 5.99. The van der Waals surface area contributed by atoms with Crippen molar-refractivity contribution in [2.75, 3.05) is 57.4 Å². The van der Waals surface area contributed by atoms with Gasteiger partial charge in [0, 0.05) is 57.3 Å². The Labute approximate surface area is 223 Å². The van der Waals surface area contributed by atoms with E-state index in [-0.39, 0.29) is 5.69 Å². The van der Waals surface area contributed by atoms with Crippen molar-refractivity contribution in [1.82, 2.24) is 24.6 Å². The van der Waals surface area contributed by atoms with Gasteiger partial charge < -0.3 is 14.7 Å². The van der Waals surface area contributed by atoms with Gasteiger partial charge in [-0.1, -0.05) is 24.6 Å². The van der Waals surface area contributed by atoms with E-state index < -0.39 is 5.97 Å². The van der Waals surface area contributed by atoms with Crippen LogP contribution in [0.4, 0.5) is 5.69 Å². The minimum absolute atomic E-state index is 0.0829. The molecule has 38 heavy (non-hydrogen) atoms. The number of carboxylic acid groups (broad SMARTS) is 1. The number of fused-ring (bicyclic) bond motifs is 1. The van der Waals surface area contributed by atoms with E-state index in [4.69, 9.17) is 9.84 Å². The van der Waals surface area contributed by atoms with Crippen LogP contribution in [-0.4, -0.2) is 100 Å². The molecule has 9 heteroatoms. The SMILES string of the molecule is O=C(O)c1cc(N2CC(N3CCC(N4CCOCC4)CC3)C2)c2c(C3CCC3)nn(-c3ccccc3)c2n1. The summed E-state index contributed by atoms with van der Waals surface area (Å²) in [6.07, 6.45) is 5.90. The van der Waals surface area contributed by atoms with Gasteiger partial charge in [0.15, 0.2) is 11.3 Å². The molecule has 3 aliphatic heterocycles. The molecular weight excluding hydrogens is 480 g/mol. The smallest absolute Gasteiger partial charge is 0.354 e. The molecule has 0 atom stereocenters. The quantitative estimate of drug-likeness (QED) is 0.534. The molecule has 1 aliphatic carbocycles. The van der Waals surface area contributed by atoms with Crippen molar-refractivity contribution < 1.29 is 14.6 Å². The number of aromatic carboxylic acids is 1. The number of carbonyl (C=O) groups is 1. The van der Waals surface area contributed by atoms with E-state index in [1.165, 1.54) is 19.3 Å². The first-order valence-corrected chi connectivity index (χ1v) is 14.2. The molecule has 4 fully saturated rings. The fourth-order valence-electron chi connectivity index (χ4n) is 6.64. The first-order valence-electron chi connectivity index (χ1n) is 14.2. The molecule has 200 valence electrons. The Morgan fingerprint density at radius 1 is 0.921 bits per heavy atom. The third-order valence-corrected chi connectivity index (χ3v) is 9.14.